The number of aromatic nitrogens is 1. The molecule has 0 aliphatic rings. The molecule has 0 amide bonds. The van der Waals surface area contributed by atoms with Gasteiger partial charge in [-0.15, -0.1) is 0 Å². The molecule has 0 aromatic carbocycles. The number of hydrogen-bond donors (Lipinski definition) is 1. The minimum atomic E-state index is -0.453. The van der Waals surface area contributed by atoms with E-state index in [1.807, 2.05) is 13.8 Å². The number of rotatable bonds is 4. The lowest BCUT2D eigenvalue weighted by molar-refractivity contribution is 0.0225. The molecule has 4 nitrogen and oxygen atoms in total. The van der Waals surface area contributed by atoms with Crippen molar-refractivity contribution in [1.29, 1.82) is 0 Å². The van der Waals surface area contributed by atoms with Crippen molar-refractivity contribution in [3.8, 4) is 0 Å². The second-order valence-corrected chi connectivity index (χ2v) is 3.35. The topological polar surface area (TPSA) is 51.2 Å². The van der Waals surface area contributed by atoms with Crippen molar-refractivity contribution < 1.29 is 9.63 Å². The molecule has 1 aromatic rings. The normalized spacial score (nSPS) is 10.2. The molecule has 0 bridgehead atoms. The third-order valence-corrected chi connectivity index (χ3v) is 1.53. The lowest BCUT2D eigenvalue weighted by Gasteiger charge is -2.06. The predicted octanol–water partition coefficient (Wildman–Crippen LogP) is 1.40. The Labute approximate surface area is 83.3 Å². The fourth-order valence-corrected chi connectivity index (χ4v) is 0.810. The van der Waals surface area contributed by atoms with E-state index in [0.717, 1.165) is 0 Å². The average molecular weight is 194 g/mol. The molecule has 0 aliphatic heterocycles. The molecule has 14 heavy (non-hydrogen) atoms. The number of pyridine rings is 1. The first-order valence-electron chi connectivity index (χ1n) is 4.55. The maximum atomic E-state index is 11.3. The Hall–Kier alpha value is -1.42. The van der Waals surface area contributed by atoms with E-state index in [1.165, 1.54) is 0 Å². The van der Waals surface area contributed by atoms with Crippen molar-refractivity contribution in [2.24, 2.45) is 5.92 Å². The van der Waals surface area contributed by atoms with Gasteiger partial charge in [0.25, 0.3) is 0 Å². The van der Waals surface area contributed by atoms with Gasteiger partial charge < -0.3 is 4.84 Å². The van der Waals surface area contributed by atoms with E-state index in [0.29, 0.717) is 18.2 Å². The van der Waals surface area contributed by atoms with Gasteiger partial charge in [0.05, 0.1) is 0 Å². The predicted molar refractivity (Wildman–Crippen MR) is 52.5 cm³/mol. The quantitative estimate of drug-likeness (QED) is 0.736. The molecule has 1 N–H and O–H groups in total. The highest BCUT2D eigenvalue weighted by atomic mass is 16.7. The first-order valence-corrected chi connectivity index (χ1v) is 4.55. The Kier molecular flexibility index (Phi) is 4.07. The van der Waals surface area contributed by atoms with Crippen LogP contribution in [0.25, 0.3) is 0 Å². The highest BCUT2D eigenvalue weighted by molar-refractivity contribution is 5.86. The summed E-state index contributed by atoms with van der Waals surface area (Å²) in [6, 6.07) is 5.10. The van der Waals surface area contributed by atoms with E-state index in [9.17, 15) is 4.79 Å². The molecule has 4 heteroatoms. The fourth-order valence-electron chi connectivity index (χ4n) is 0.810. The second kappa shape index (κ2) is 5.34. The SMILES string of the molecule is CC(C)CNOC(=O)c1ccccn1. The number of nitrogens with one attached hydrogen (secondary N) is 1. The van der Waals surface area contributed by atoms with Crippen LogP contribution in [0.15, 0.2) is 24.4 Å². The van der Waals surface area contributed by atoms with Crippen molar-refractivity contribution in [2.75, 3.05) is 6.54 Å². The summed E-state index contributed by atoms with van der Waals surface area (Å²) in [6.07, 6.45) is 1.55. The zero-order valence-corrected chi connectivity index (χ0v) is 8.36. The van der Waals surface area contributed by atoms with E-state index in [4.69, 9.17) is 4.84 Å². The molecule has 1 rings (SSSR count). The van der Waals surface area contributed by atoms with Crippen LogP contribution in [-0.2, 0) is 4.84 Å². The van der Waals surface area contributed by atoms with Crippen LogP contribution in [0.1, 0.15) is 24.3 Å². The standard InChI is InChI=1S/C10H14N2O2/c1-8(2)7-12-14-10(13)9-5-3-4-6-11-9/h3-6,8,12H,7H2,1-2H3. The van der Waals surface area contributed by atoms with E-state index in [2.05, 4.69) is 10.5 Å². The molecule has 0 spiro atoms. The molecule has 0 atom stereocenters. The van der Waals surface area contributed by atoms with E-state index in [-0.39, 0.29) is 0 Å². The largest absolute Gasteiger partial charge is 0.375 e. The minimum Gasteiger partial charge on any atom is -0.366 e. The van der Waals surface area contributed by atoms with Crippen LogP contribution in [0, 0.1) is 5.92 Å². The third-order valence-electron chi connectivity index (χ3n) is 1.53. The van der Waals surface area contributed by atoms with Crippen LogP contribution >= 0.6 is 0 Å². The highest BCUT2D eigenvalue weighted by Gasteiger charge is 2.07. The Morgan fingerprint density at radius 1 is 1.57 bits per heavy atom. The van der Waals surface area contributed by atoms with Gasteiger partial charge in [0.2, 0.25) is 0 Å². The Morgan fingerprint density at radius 2 is 2.36 bits per heavy atom. The first-order chi connectivity index (χ1) is 6.70. The summed E-state index contributed by atoms with van der Waals surface area (Å²) in [5.74, 6) is -0.0159. The van der Waals surface area contributed by atoms with Crippen LogP contribution in [0.3, 0.4) is 0 Å². The monoisotopic (exact) mass is 194 g/mol. The lowest BCUT2D eigenvalue weighted by Crippen LogP contribution is -2.24. The number of carbonyl (C=O) groups is 1. The van der Waals surface area contributed by atoms with Gasteiger partial charge in [-0.05, 0) is 18.1 Å². The van der Waals surface area contributed by atoms with Crippen LogP contribution in [0.4, 0.5) is 0 Å². The van der Waals surface area contributed by atoms with Crippen LogP contribution in [0.5, 0.6) is 0 Å². The van der Waals surface area contributed by atoms with Gasteiger partial charge >= 0.3 is 5.97 Å². The van der Waals surface area contributed by atoms with E-state index < -0.39 is 5.97 Å². The van der Waals surface area contributed by atoms with Crippen molar-refractivity contribution in [3.63, 3.8) is 0 Å². The van der Waals surface area contributed by atoms with Crippen molar-refractivity contribution in [3.05, 3.63) is 30.1 Å². The summed E-state index contributed by atoms with van der Waals surface area (Å²) in [5.41, 5.74) is 2.90. The number of nitrogens with zero attached hydrogens (tertiary/aromatic N) is 1. The zero-order chi connectivity index (χ0) is 10.4. The van der Waals surface area contributed by atoms with E-state index >= 15 is 0 Å². The van der Waals surface area contributed by atoms with Crippen molar-refractivity contribution >= 4 is 5.97 Å². The van der Waals surface area contributed by atoms with Gasteiger partial charge in [0.1, 0.15) is 5.69 Å². The summed E-state index contributed by atoms with van der Waals surface area (Å²) in [5, 5.41) is 0. The van der Waals surface area contributed by atoms with Crippen LogP contribution < -0.4 is 5.48 Å². The fraction of sp³-hybridized carbons (Fsp3) is 0.400. The maximum Gasteiger partial charge on any atom is 0.375 e. The molecular weight excluding hydrogens is 180 g/mol. The van der Waals surface area contributed by atoms with Gasteiger partial charge in [0.15, 0.2) is 0 Å². The molecule has 0 radical (unpaired) electrons. The molecule has 1 heterocycles. The number of carbonyl (C=O) groups excluding carboxylic acids is 1. The molecule has 0 aliphatic carbocycles. The Balaban J connectivity index is 2.36. The molecule has 0 saturated carbocycles. The summed E-state index contributed by atoms with van der Waals surface area (Å²) in [6.45, 7) is 4.70. The first kappa shape index (κ1) is 10.7. The molecular formula is C10H14N2O2. The summed E-state index contributed by atoms with van der Waals surface area (Å²) in [7, 11) is 0. The van der Waals surface area contributed by atoms with Gasteiger partial charge in [-0.3, -0.25) is 0 Å². The van der Waals surface area contributed by atoms with E-state index in [1.54, 1.807) is 24.4 Å². The van der Waals surface area contributed by atoms with Crippen LogP contribution in [0.2, 0.25) is 0 Å². The smallest absolute Gasteiger partial charge is 0.366 e. The zero-order valence-electron chi connectivity index (χ0n) is 8.36. The van der Waals surface area contributed by atoms with Crippen molar-refractivity contribution in [1.82, 2.24) is 10.5 Å². The lowest BCUT2D eigenvalue weighted by atomic mass is 10.2. The summed E-state index contributed by atoms with van der Waals surface area (Å²) < 4.78 is 0. The molecule has 76 valence electrons. The van der Waals surface area contributed by atoms with Gasteiger partial charge in [-0.25, -0.2) is 9.78 Å². The second-order valence-electron chi connectivity index (χ2n) is 3.35. The van der Waals surface area contributed by atoms with Gasteiger partial charge in [-0.1, -0.05) is 19.9 Å². The molecule has 0 saturated heterocycles. The third kappa shape index (κ3) is 3.53. The van der Waals surface area contributed by atoms with Crippen LogP contribution in [-0.4, -0.2) is 17.5 Å². The van der Waals surface area contributed by atoms with Gasteiger partial charge in [0, 0.05) is 12.7 Å². The molecule has 1 aromatic heterocycles. The highest BCUT2D eigenvalue weighted by Crippen LogP contribution is 1.95. The minimum absolute atomic E-state index is 0.309. The molecule has 0 unspecified atom stereocenters. The Morgan fingerprint density at radius 3 is 2.93 bits per heavy atom. The molecule has 0 fully saturated rings. The maximum absolute atomic E-state index is 11.3. The summed E-state index contributed by atoms with van der Waals surface area (Å²) in [4.78, 5) is 19.9. The van der Waals surface area contributed by atoms with Crippen molar-refractivity contribution in [2.45, 2.75) is 13.8 Å². The average Bonchev–Trinajstić information content (AvgIpc) is 2.18. The number of hydrogen-bond acceptors (Lipinski definition) is 4. The Bertz CT molecular complexity index is 285. The number of hydroxylamine groups is 1. The summed E-state index contributed by atoms with van der Waals surface area (Å²) >= 11 is 0. The van der Waals surface area contributed by atoms with Gasteiger partial charge in [-0.2, -0.15) is 5.48 Å².